The van der Waals surface area contributed by atoms with Gasteiger partial charge in [-0.15, -0.1) is 0 Å². The Balaban J connectivity index is 1.65. The molecule has 26 heavy (non-hydrogen) atoms. The van der Waals surface area contributed by atoms with Crippen molar-refractivity contribution in [3.05, 3.63) is 12.7 Å². The number of nitrogens with two attached hydrogens (primary N) is 1. The Morgan fingerprint density at radius 2 is 2.31 bits per heavy atom. The number of nitrogens with one attached hydrogen (secondary N) is 1. The van der Waals surface area contributed by atoms with Gasteiger partial charge in [-0.05, 0) is 19.4 Å². The summed E-state index contributed by atoms with van der Waals surface area (Å²) in [5.41, 5.74) is 6.55. The summed E-state index contributed by atoms with van der Waals surface area (Å²) < 4.78 is 12.8. The lowest BCUT2D eigenvalue weighted by Gasteiger charge is -2.23. The molecular formula is C15H20N6O5. The van der Waals surface area contributed by atoms with E-state index in [4.69, 9.17) is 15.2 Å². The lowest BCUT2D eigenvalue weighted by Crippen LogP contribution is -2.41. The second-order valence-corrected chi connectivity index (χ2v) is 6.37. The van der Waals surface area contributed by atoms with Crippen LogP contribution in [0, 0.1) is 0 Å². The number of carbonyl (C=O) groups is 1. The van der Waals surface area contributed by atoms with Gasteiger partial charge in [0.1, 0.15) is 30.1 Å². The van der Waals surface area contributed by atoms with Crippen molar-refractivity contribution in [3.8, 4) is 0 Å². The number of hydrogen-bond acceptors (Lipinski definition) is 10. The molecule has 2 aromatic rings. The van der Waals surface area contributed by atoms with Crippen molar-refractivity contribution in [2.75, 3.05) is 18.9 Å². The van der Waals surface area contributed by atoms with Gasteiger partial charge in [-0.3, -0.25) is 9.36 Å². The molecule has 2 aliphatic heterocycles. The van der Waals surface area contributed by atoms with Crippen molar-refractivity contribution in [2.45, 2.75) is 43.4 Å². The average Bonchev–Trinajstić information content (AvgIpc) is 3.35. The van der Waals surface area contributed by atoms with E-state index in [0.717, 1.165) is 13.0 Å². The second-order valence-electron chi connectivity index (χ2n) is 6.37. The Morgan fingerprint density at radius 3 is 3.04 bits per heavy atom. The minimum Gasteiger partial charge on any atom is -0.453 e. The zero-order valence-electron chi connectivity index (χ0n) is 13.9. The van der Waals surface area contributed by atoms with Crippen molar-refractivity contribution >= 4 is 23.0 Å². The van der Waals surface area contributed by atoms with Gasteiger partial charge in [-0.2, -0.15) is 0 Å². The van der Waals surface area contributed by atoms with Gasteiger partial charge in [0.05, 0.1) is 12.9 Å². The third-order valence-corrected chi connectivity index (χ3v) is 4.75. The number of rotatable bonds is 4. The van der Waals surface area contributed by atoms with Crippen LogP contribution < -0.4 is 11.1 Å². The maximum atomic E-state index is 12.4. The summed E-state index contributed by atoms with van der Waals surface area (Å²) in [6.45, 7) is 0.325. The first-order valence-electron chi connectivity index (χ1n) is 8.41. The van der Waals surface area contributed by atoms with Crippen molar-refractivity contribution < 1.29 is 24.5 Å². The Morgan fingerprint density at radius 1 is 1.46 bits per heavy atom. The van der Waals surface area contributed by atoms with E-state index in [-0.39, 0.29) is 5.82 Å². The minimum absolute atomic E-state index is 0.203. The van der Waals surface area contributed by atoms with Gasteiger partial charge in [0.15, 0.2) is 23.8 Å². The van der Waals surface area contributed by atoms with E-state index in [2.05, 4.69) is 20.3 Å². The van der Waals surface area contributed by atoms with E-state index < -0.39 is 43.2 Å². The van der Waals surface area contributed by atoms with Crippen molar-refractivity contribution in [2.24, 2.45) is 0 Å². The van der Waals surface area contributed by atoms with E-state index >= 15 is 0 Å². The summed E-state index contributed by atoms with van der Waals surface area (Å²) >= 11 is 0. The fourth-order valence-corrected chi connectivity index (χ4v) is 3.38. The molecule has 0 aliphatic carbocycles. The monoisotopic (exact) mass is 364 g/mol. The molecule has 3 unspecified atom stereocenters. The topological polar surface area (TPSA) is 158 Å². The fraction of sp³-hybridized carbons (Fsp3) is 0.600. The van der Waals surface area contributed by atoms with Gasteiger partial charge in [-0.25, -0.2) is 15.0 Å². The highest BCUT2D eigenvalue weighted by Gasteiger charge is 2.48. The van der Waals surface area contributed by atoms with Crippen LogP contribution in [0.1, 0.15) is 19.1 Å². The third-order valence-electron chi connectivity index (χ3n) is 4.75. The number of fused-ring (bicyclic) bond motifs is 1. The predicted molar refractivity (Wildman–Crippen MR) is 87.6 cm³/mol. The van der Waals surface area contributed by atoms with Crippen LogP contribution >= 0.6 is 0 Å². The van der Waals surface area contributed by atoms with Crippen LogP contribution in [0.3, 0.4) is 0 Å². The molecule has 5 N–H and O–H groups in total. The van der Waals surface area contributed by atoms with Crippen LogP contribution in [0.4, 0.5) is 5.82 Å². The molecule has 4 heterocycles. The largest absolute Gasteiger partial charge is 0.453 e. The van der Waals surface area contributed by atoms with Gasteiger partial charge in [0.2, 0.25) is 0 Å². The van der Waals surface area contributed by atoms with E-state index in [9.17, 15) is 15.0 Å². The molecule has 2 saturated heterocycles. The minimum atomic E-state index is -1.19. The summed E-state index contributed by atoms with van der Waals surface area (Å²) in [5.74, 6) is -0.257. The molecule has 0 amide bonds. The molecule has 2 fully saturated rings. The Labute approximate surface area is 148 Å². The van der Waals surface area contributed by atoms with Crippen molar-refractivity contribution in [1.29, 1.82) is 0 Å². The predicted octanol–water partition coefficient (Wildman–Crippen LogP) is -1.68. The summed E-state index contributed by atoms with van der Waals surface area (Å²) in [7, 11) is 0. The lowest BCUT2D eigenvalue weighted by molar-refractivity contribution is -0.160. The molecular weight excluding hydrogens is 344 g/mol. The highest BCUT2D eigenvalue weighted by atomic mass is 16.6. The van der Waals surface area contributed by atoms with Crippen LogP contribution in [-0.4, -0.2) is 73.2 Å². The quantitative estimate of drug-likeness (QED) is 0.462. The third kappa shape index (κ3) is 2.78. The highest BCUT2D eigenvalue weighted by Crippen LogP contribution is 2.34. The zero-order chi connectivity index (χ0) is 18.3. The number of esters is 1. The highest BCUT2D eigenvalue weighted by molar-refractivity contribution is 5.81. The molecule has 0 saturated carbocycles. The van der Waals surface area contributed by atoms with Crippen LogP contribution in [0.5, 0.6) is 0 Å². The SMILES string of the molecule is Nc1ncnc2c1ncn2[C@@H]1O[C@H](CO)C(O)C1OC(=O)C1CCCN1. The van der Waals surface area contributed by atoms with Gasteiger partial charge in [0, 0.05) is 0 Å². The summed E-state index contributed by atoms with van der Waals surface area (Å²) in [5, 5.41) is 23.0. The van der Waals surface area contributed by atoms with Gasteiger partial charge in [0.25, 0.3) is 0 Å². The number of anilines is 1. The zero-order valence-corrected chi connectivity index (χ0v) is 13.9. The summed E-state index contributed by atoms with van der Waals surface area (Å²) in [6, 6.07) is -0.409. The number of aromatic nitrogens is 4. The first-order chi connectivity index (χ1) is 12.6. The van der Waals surface area contributed by atoms with Gasteiger partial charge >= 0.3 is 5.97 Å². The van der Waals surface area contributed by atoms with Crippen molar-refractivity contribution in [3.63, 3.8) is 0 Å². The number of carbonyl (C=O) groups excluding carboxylic acids is 1. The Hall–Kier alpha value is -2.34. The normalized spacial score (nSPS) is 31.5. The smallest absolute Gasteiger partial charge is 0.323 e. The lowest BCUT2D eigenvalue weighted by atomic mass is 10.1. The second kappa shape index (κ2) is 6.76. The van der Waals surface area contributed by atoms with E-state index in [0.29, 0.717) is 17.6 Å². The number of aliphatic hydroxyl groups excluding tert-OH is 2. The molecule has 11 heteroatoms. The number of imidazole rings is 1. The summed E-state index contributed by atoms with van der Waals surface area (Å²) in [4.78, 5) is 24.6. The molecule has 4 rings (SSSR count). The number of aliphatic hydroxyl groups is 2. The average molecular weight is 364 g/mol. The molecule has 2 aliphatic rings. The maximum absolute atomic E-state index is 12.4. The number of nitrogen functional groups attached to an aromatic ring is 1. The fourth-order valence-electron chi connectivity index (χ4n) is 3.38. The van der Waals surface area contributed by atoms with Crippen LogP contribution in [-0.2, 0) is 14.3 Å². The van der Waals surface area contributed by atoms with E-state index in [1.54, 1.807) is 0 Å². The Bertz CT molecular complexity index is 807. The maximum Gasteiger partial charge on any atom is 0.323 e. The standard InChI is InChI=1S/C15H20N6O5/c16-12-9-13(19-5-18-12)21(6-20-9)14-11(10(23)8(4-22)25-14)26-15(24)7-2-1-3-17-7/h5-8,10-11,14,17,22-23H,1-4H2,(H2,16,18,19)/t7?,8-,10?,11?,14-/m1/s1. The number of nitrogens with zero attached hydrogens (tertiary/aromatic N) is 4. The van der Waals surface area contributed by atoms with E-state index in [1.165, 1.54) is 17.2 Å². The first-order valence-corrected chi connectivity index (χ1v) is 8.41. The summed E-state index contributed by atoms with van der Waals surface area (Å²) in [6.07, 6.45) is 0.277. The molecule has 0 aromatic carbocycles. The molecule has 0 bridgehead atoms. The molecule has 5 atom stereocenters. The van der Waals surface area contributed by atoms with Crippen molar-refractivity contribution in [1.82, 2.24) is 24.8 Å². The van der Waals surface area contributed by atoms with Gasteiger partial charge in [-0.1, -0.05) is 0 Å². The number of ether oxygens (including phenoxy) is 2. The van der Waals surface area contributed by atoms with Crippen LogP contribution in [0.2, 0.25) is 0 Å². The number of hydrogen-bond donors (Lipinski definition) is 4. The van der Waals surface area contributed by atoms with Crippen LogP contribution in [0.15, 0.2) is 12.7 Å². The first kappa shape index (κ1) is 17.1. The molecule has 2 aromatic heterocycles. The molecule has 140 valence electrons. The Kier molecular flexibility index (Phi) is 4.44. The van der Waals surface area contributed by atoms with E-state index in [1.807, 2.05) is 0 Å². The van der Waals surface area contributed by atoms with Crippen LogP contribution in [0.25, 0.3) is 11.2 Å². The molecule has 11 nitrogen and oxygen atoms in total. The molecule has 0 radical (unpaired) electrons. The van der Waals surface area contributed by atoms with Gasteiger partial charge < -0.3 is 30.7 Å². The molecule has 0 spiro atoms.